The Bertz CT molecular complexity index is 1280. The molecule has 142 valence electrons. The SMILES string of the molecule is Cc1ccc(S(=O)(=O)C(C2=NS(=O)(=O)c3ccccc32)c2ccccn2)cc1. The molecule has 1 aliphatic heterocycles. The summed E-state index contributed by atoms with van der Waals surface area (Å²) in [5, 5.41) is -1.34. The zero-order valence-electron chi connectivity index (χ0n) is 14.8. The van der Waals surface area contributed by atoms with Crippen LogP contribution in [0.15, 0.2) is 87.1 Å². The molecule has 1 unspecified atom stereocenters. The largest absolute Gasteiger partial charge is 0.283 e. The van der Waals surface area contributed by atoms with Crippen molar-refractivity contribution in [2.45, 2.75) is 22.0 Å². The highest BCUT2D eigenvalue weighted by Gasteiger charge is 2.41. The maximum atomic E-state index is 13.5. The van der Waals surface area contributed by atoms with Gasteiger partial charge >= 0.3 is 0 Å². The smallest absolute Gasteiger partial charge is 0.259 e. The fourth-order valence-corrected chi connectivity index (χ4v) is 6.21. The van der Waals surface area contributed by atoms with Crippen LogP contribution in [0.4, 0.5) is 0 Å². The average molecular weight is 412 g/mol. The van der Waals surface area contributed by atoms with Crippen molar-refractivity contribution in [2.24, 2.45) is 4.40 Å². The number of sulfone groups is 1. The van der Waals surface area contributed by atoms with Crippen molar-refractivity contribution in [1.82, 2.24) is 4.98 Å². The van der Waals surface area contributed by atoms with Crippen LogP contribution < -0.4 is 0 Å². The Balaban J connectivity index is 1.98. The van der Waals surface area contributed by atoms with Crippen LogP contribution in [0.5, 0.6) is 0 Å². The van der Waals surface area contributed by atoms with E-state index in [4.69, 9.17) is 0 Å². The van der Waals surface area contributed by atoms with Gasteiger partial charge in [-0.25, -0.2) is 8.42 Å². The van der Waals surface area contributed by atoms with Gasteiger partial charge in [0.15, 0.2) is 15.1 Å². The lowest BCUT2D eigenvalue weighted by atomic mass is 10.0. The van der Waals surface area contributed by atoms with E-state index in [1.807, 2.05) is 6.92 Å². The third-order valence-electron chi connectivity index (χ3n) is 4.52. The van der Waals surface area contributed by atoms with Crippen LogP contribution in [-0.4, -0.2) is 27.5 Å². The van der Waals surface area contributed by atoms with Gasteiger partial charge in [-0.3, -0.25) is 4.98 Å². The Kier molecular flexibility index (Phi) is 4.40. The summed E-state index contributed by atoms with van der Waals surface area (Å²) in [6, 6.07) is 17.5. The summed E-state index contributed by atoms with van der Waals surface area (Å²) >= 11 is 0. The van der Waals surface area contributed by atoms with Gasteiger partial charge in [0.2, 0.25) is 0 Å². The molecule has 0 bridgehead atoms. The molecule has 3 aromatic rings. The van der Waals surface area contributed by atoms with E-state index in [1.54, 1.807) is 48.5 Å². The predicted octanol–water partition coefficient (Wildman–Crippen LogP) is 3.10. The summed E-state index contributed by atoms with van der Waals surface area (Å²) in [5.74, 6) is 0. The fraction of sp³-hybridized carbons (Fsp3) is 0.100. The molecular formula is C20H16N2O4S2. The molecule has 2 heterocycles. The molecule has 2 aromatic carbocycles. The Morgan fingerprint density at radius 3 is 2.25 bits per heavy atom. The first kappa shape index (κ1) is 18.5. The van der Waals surface area contributed by atoms with Gasteiger partial charge in [0, 0.05) is 11.8 Å². The third-order valence-corrected chi connectivity index (χ3v) is 7.89. The Morgan fingerprint density at radius 1 is 0.893 bits per heavy atom. The highest BCUT2D eigenvalue weighted by molar-refractivity contribution is 7.93. The molecule has 0 radical (unpaired) electrons. The van der Waals surface area contributed by atoms with Gasteiger partial charge < -0.3 is 0 Å². The highest BCUT2D eigenvalue weighted by atomic mass is 32.2. The molecule has 28 heavy (non-hydrogen) atoms. The summed E-state index contributed by atoms with van der Waals surface area (Å²) < 4.78 is 55.9. The molecule has 0 N–H and O–H groups in total. The third kappa shape index (κ3) is 3.04. The van der Waals surface area contributed by atoms with Crippen molar-refractivity contribution in [3.8, 4) is 0 Å². The van der Waals surface area contributed by atoms with Crippen molar-refractivity contribution in [3.63, 3.8) is 0 Å². The maximum absolute atomic E-state index is 13.5. The van der Waals surface area contributed by atoms with Gasteiger partial charge in [-0.05, 0) is 37.3 Å². The van der Waals surface area contributed by atoms with E-state index in [2.05, 4.69) is 9.38 Å². The van der Waals surface area contributed by atoms with Crippen molar-refractivity contribution < 1.29 is 16.8 Å². The Hall–Kier alpha value is -2.84. The normalized spacial score (nSPS) is 16.2. The molecule has 0 saturated heterocycles. The zero-order chi connectivity index (χ0) is 19.9. The second-order valence-electron chi connectivity index (χ2n) is 6.44. The number of nitrogens with zero attached hydrogens (tertiary/aromatic N) is 2. The topological polar surface area (TPSA) is 93.5 Å². The van der Waals surface area contributed by atoms with Gasteiger partial charge in [-0.15, -0.1) is 0 Å². The molecule has 4 rings (SSSR count). The van der Waals surface area contributed by atoms with Crippen LogP contribution in [0.3, 0.4) is 0 Å². The summed E-state index contributed by atoms with van der Waals surface area (Å²) in [6.07, 6.45) is 1.48. The van der Waals surface area contributed by atoms with Crippen LogP contribution in [0.1, 0.15) is 22.1 Å². The lowest BCUT2D eigenvalue weighted by Gasteiger charge is -2.18. The monoisotopic (exact) mass is 412 g/mol. The first-order chi connectivity index (χ1) is 13.3. The van der Waals surface area contributed by atoms with Crippen LogP contribution >= 0.6 is 0 Å². The number of aromatic nitrogens is 1. The molecule has 0 fully saturated rings. The second-order valence-corrected chi connectivity index (χ2v) is 10.0. The van der Waals surface area contributed by atoms with Crippen molar-refractivity contribution in [3.05, 3.63) is 89.7 Å². The number of sulfonamides is 1. The molecule has 0 spiro atoms. The predicted molar refractivity (Wildman–Crippen MR) is 106 cm³/mol. The van der Waals surface area contributed by atoms with Crippen LogP contribution in [0, 0.1) is 6.92 Å². The molecule has 6 nitrogen and oxygen atoms in total. The van der Waals surface area contributed by atoms with Gasteiger partial charge in [0.1, 0.15) is 0 Å². The molecule has 1 atom stereocenters. The number of benzene rings is 2. The molecule has 8 heteroatoms. The van der Waals surface area contributed by atoms with Crippen LogP contribution in [0.2, 0.25) is 0 Å². The van der Waals surface area contributed by atoms with Crippen LogP contribution in [0.25, 0.3) is 0 Å². The van der Waals surface area contributed by atoms with Crippen molar-refractivity contribution >= 4 is 25.6 Å². The molecule has 0 aliphatic carbocycles. The maximum Gasteiger partial charge on any atom is 0.283 e. The lowest BCUT2D eigenvalue weighted by Crippen LogP contribution is -2.23. The van der Waals surface area contributed by atoms with Gasteiger partial charge in [0.05, 0.1) is 21.2 Å². The number of pyridine rings is 1. The van der Waals surface area contributed by atoms with E-state index >= 15 is 0 Å². The highest BCUT2D eigenvalue weighted by Crippen LogP contribution is 2.37. The number of fused-ring (bicyclic) bond motifs is 1. The lowest BCUT2D eigenvalue weighted by molar-refractivity contribution is 0.591. The fourth-order valence-electron chi connectivity index (χ4n) is 3.16. The minimum absolute atomic E-state index is 0.00466. The first-order valence-corrected chi connectivity index (χ1v) is 11.4. The van der Waals surface area contributed by atoms with Gasteiger partial charge in [-0.2, -0.15) is 12.8 Å². The summed E-state index contributed by atoms with van der Waals surface area (Å²) in [6.45, 7) is 1.86. The molecule has 0 amide bonds. The van der Waals surface area contributed by atoms with Crippen molar-refractivity contribution in [1.29, 1.82) is 0 Å². The number of hydrogen-bond acceptors (Lipinski definition) is 5. The molecule has 1 aromatic heterocycles. The van der Waals surface area contributed by atoms with E-state index in [9.17, 15) is 16.8 Å². The van der Waals surface area contributed by atoms with E-state index in [1.165, 1.54) is 24.4 Å². The summed E-state index contributed by atoms with van der Waals surface area (Å²) in [5.41, 5.74) is 1.39. The van der Waals surface area contributed by atoms with Gasteiger partial charge in [-0.1, -0.05) is 42.0 Å². The Labute approximate surface area is 163 Å². The second kappa shape index (κ2) is 6.65. The van der Waals surface area contributed by atoms with E-state index in [0.29, 0.717) is 0 Å². The van der Waals surface area contributed by atoms with Crippen molar-refractivity contribution in [2.75, 3.05) is 0 Å². The molecule has 0 saturated carbocycles. The molecule has 1 aliphatic rings. The molecular weight excluding hydrogens is 396 g/mol. The Morgan fingerprint density at radius 2 is 1.57 bits per heavy atom. The van der Waals surface area contributed by atoms with E-state index in [-0.39, 0.29) is 26.8 Å². The summed E-state index contributed by atoms with van der Waals surface area (Å²) in [4.78, 5) is 4.29. The number of aryl methyl sites for hydroxylation is 1. The number of hydrogen-bond donors (Lipinski definition) is 0. The van der Waals surface area contributed by atoms with E-state index in [0.717, 1.165) is 5.56 Å². The zero-order valence-corrected chi connectivity index (χ0v) is 16.5. The van der Waals surface area contributed by atoms with E-state index < -0.39 is 25.1 Å². The minimum atomic E-state index is -4.00. The minimum Gasteiger partial charge on any atom is -0.259 e. The standard InChI is InChI=1S/C20H16N2O4S2/c1-14-9-11-15(12-10-14)27(23,24)20(17-7-4-5-13-21-17)19-16-6-2-3-8-18(16)28(25,26)22-19/h2-13,20H,1H3. The number of rotatable bonds is 4. The van der Waals surface area contributed by atoms with Gasteiger partial charge in [0.25, 0.3) is 10.0 Å². The first-order valence-electron chi connectivity index (χ1n) is 8.46. The average Bonchev–Trinajstić information content (AvgIpc) is 2.94. The quantitative estimate of drug-likeness (QED) is 0.656. The van der Waals surface area contributed by atoms with Crippen LogP contribution in [-0.2, 0) is 19.9 Å². The summed E-state index contributed by atoms with van der Waals surface area (Å²) in [7, 11) is -7.97.